The van der Waals surface area contributed by atoms with Gasteiger partial charge in [-0.05, 0) is 57.9 Å². The number of hydrogen-bond donors (Lipinski definition) is 0. The first kappa shape index (κ1) is 13.4. The van der Waals surface area contributed by atoms with Gasteiger partial charge in [0, 0.05) is 12.8 Å². The van der Waals surface area contributed by atoms with E-state index < -0.39 is 0 Å². The van der Waals surface area contributed by atoms with Gasteiger partial charge in [-0.2, -0.15) is 0 Å². The van der Waals surface area contributed by atoms with Crippen LogP contribution in [0.2, 0.25) is 0 Å². The van der Waals surface area contributed by atoms with Crippen molar-refractivity contribution in [2.45, 2.75) is 70.8 Å². The fraction of sp³-hybridized carbons (Fsp3) is 0.688. The molecule has 1 atom stereocenters. The number of Topliss-reactive ketones (excluding diaryl/α,β-unsaturated/α-hetero) is 1. The van der Waals surface area contributed by atoms with Crippen LogP contribution in [-0.4, -0.2) is 11.9 Å². The minimum absolute atomic E-state index is 0.191. The molecule has 0 spiro atoms. The van der Waals surface area contributed by atoms with Gasteiger partial charge in [-0.1, -0.05) is 11.6 Å². The lowest BCUT2D eigenvalue weighted by molar-refractivity contribution is -0.119. The molecule has 0 bridgehead atoms. The van der Waals surface area contributed by atoms with Crippen molar-refractivity contribution >= 4 is 5.78 Å². The second-order valence-corrected chi connectivity index (χ2v) is 5.47. The molecule has 2 rings (SSSR count). The van der Waals surface area contributed by atoms with E-state index in [4.69, 9.17) is 4.74 Å². The Balaban J connectivity index is 1.60. The third-order valence-electron chi connectivity index (χ3n) is 3.77. The van der Waals surface area contributed by atoms with Gasteiger partial charge >= 0.3 is 0 Å². The van der Waals surface area contributed by atoms with Crippen molar-refractivity contribution in [3.05, 3.63) is 23.5 Å². The van der Waals surface area contributed by atoms with E-state index in [-0.39, 0.29) is 11.9 Å². The van der Waals surface area contributed by atoms with Crippen molar-refractivity contribution in [2.75, 3.05) is 0 Å². The average molecular weight is 248 g/mol. The van der Waals surface area contributed by atoms with Gasteiger partial charge in [0.1, 0.15) is 0 Å². The van der Waals surface area contributed by atoms with Crippen molar-refractivity contribution in [2.24, 2.45) is 0 Å². The van der Waals surface area contributed by atoms with Gasteiger partial charge in [0.2, 0.25) is 0 Å². The molecule has 0 saturated carbocycles. The Morgan fingerprint density at radius 2 is 2.22 bits per heavy atom. The predicted molar refractivity (Wildman–Crippen MR) is 73.3 cm³/mol. The molecule has 0 fully saturated rings. The zero-order chi connectivity index (χ0) is 12.8. The molecule has 0 N–H and O–H groups in total. The Morgan fingerprint density at radius 1 is 1.33 bits per heavy atom. The Bertz CT molecular complexity index is 352. The summed E-state index contributed by atoms with van der Waals surface area (Å²) in [4.78, 5) is 11.8. The van der Waals surface area contributed by atoms with Crippen molar-refractivity contribution in [1.29, 1.82) is 0 Å². The molecule has 1 aliphatic heterocycles. The van der Waals surface area contributed by atoms with Gasteiger partial charge in [0.25, 0.3) is 0 Å². The molecule has 1 unspecified atom stereocenters. The summed E-state index contributed by atoms with van der Waals surface area (Å²) in [5.74, 6) is 0.802. The smallest absolute Gasteiger partial charge is 0.197 e. The van der Waals surface area contributed by atoms with Gasteiger partial charge in [0.05, 0.1) is 6.10 Å². The summed E-state index contributed by atoms with van der Waals surface area (Å²) in [5, 5.41) is 0. The summed E-state index contributed by atoms with van der Waals surface area (Å²) in [6.45, 7) is 2.01. The fourth-order valence-corrected chi connectivity index (χ4v) is 2.66. The van der Waals surface area contributed by atoms with Crippen LogP contribution < -0.4 is 0 Å². The maximum atomic E-state index is 11.8. The van der Waals surface area contributed by atoms with Crippen LogP contribution >= 0.6 is 0 Å². The normalized spacial score (nSPS) is 23.3. The maximum Gasteiger partial charge on any atom is 0.197 e. The Labute approximate surface area is 110 Å². The van der Waals surface area contributed by atoms with E-state index in [0.29, 0.717) is 12.2 Å². The van der Waals surface area contributed by atoms with Crippen LogP contribution in [0.25, 0.3) is 0 Å². The number of rotatable bonds is 6. The Hall–Kier alpha value is -1.05. The molecule has 0 aromatic rings. The molecular weight excluding hydrogens is 224 g/mol. The molecule has 2 heteroatoms. The third kappa shape index (κ3) is 4.01. The Morgan fingerprint density at radius 3 is 2.89 bits per heavy atom. The minimum Gasteiger partial charge on any atom is -0.487 e. The lowest BCUT2D eigenvalue weighted by Crippen LogP contribution is -2.06. The summed E-state index contributed by atoms with van der Waals surface area (Å²) in [6.07, 6.45) is 14.6. The average Bonchev–Trinajstić information content (AvgIpc) is 2.82. The molecule has 100 valence electrons. The summed E-state index contributed by atoms with van der Waals surface area (Å²) >= 11 is 0. The minimum atomic E-state index is 0.191. The lowest BCUT2D eigenvalue weighted by atomic mass is 9.95. The van der Waals surface area contributed by atoms with Crippen LogP contribution in [-0.2, 0) is 9.53 Å². The van der Waals surface area contributed by atoms with Gasteiger partial charge in [-0.15, -0.1) is 0 Å². The molecule has 0 aromatic heterocycles. The van der Waals surface area contributed by atoms with Gasteiger partial charge < -0.3 is 4.74 Å². The van der Waals surface area contributed by atoms with Crippen LogP contribution in [0.4, 0.5) is 0 Å². The summed E-state index contributed by atoms with van der Waals surface area (Å²) in [6, 6.07) is 0. The van der Waals surface area contributed by atoms with Crippen LogP contribution in [0.15, 0.2) is 23.5 Å². The van der Waals surface area contributed by atoms with E-state index in [1.54, 1.807) is 5.57 Å². The van der Waals surface area contributed by atoms with E-state index in [1.165, 1.54) is 32.1 Å². The van der Waals surface area contributed by atoms with Gasteiger partial charge in [0.15, 0.2) is 11.5 Å². The highest BCUT2D eigenvalue weighted by Crippen LogP contribution is 2.23. The SMILES string of the molecule is CC1CC=C(C(=O)CCCCC2=CCCCC2)O1. The number of ketones is 1. The molecule has 0 radical (unpaired) electrons. The zero-order valence-electron chi connectivity index (χ0n) is 11.4. The number of carbonyl (C=O) groups excluding carboxylic acids is 1. The van der Waals surface area contributed by atoms with Crippen molar-refractivity contribution in [3.63, 3.8) is 0 Å². The molecule has 0 amide bonds. The molecule has 1 aliphatic carbocycles. The largest absolute Gasteiger partial charge is 0.487 e. The second-order valence-electron chi connectivity index (χ2n) is 5.47. The molecule has 0 aromatic carbocycles. The quantitative estimate of drug-likeness (QED) is 0.517. The monoisotopic (exact) mass is 248 g/mol. The lowest BCUT2D eigenvalue weighted by Gasteiger charge is -2.12. The van der Waals surface area contributed by atoms with E-state index in [1.807, 2.05) is 13.0 Å². The number of hydrogen-bond acceptors (Lipinski definition) is 2. The molecule has 2 nitrogen and oxygen atoms in total. The standard InChI is InChI=1S/C16H24O2/c1-13-11-12-16(18-13)15(17)10-6-5-9-14-7-3-2-4-8-14/h7,12-13H,2-6,8-11H2,1H3. The van der Waals surface area contributed by atoms with Crippen molar-refractivity contribution < 1.29 is 9.53 Å². The molecule has 2 aliphatic rings. The fourth-order valence-electron chi connectivity index (χ4n) is 2.66. The molecule has 18 heavy (non-hydrogen) atoms. The molecular formula is C16H24O2. The number of ether oxygens (including phenoxy) is 1. The summed E-state index contributed by atoms with van der Waals surface area (Å²) in [5.41, 5.74) is 1.61. The first-order valence-electron chi connectivity index (χ1n) is 7.33. The molecule has 1 heterocycles. The van der Waals surface area contributed by atoms with Crippen LogP contribution in [0.3, 0.4) is 0 Å². The van der Waals surface area contributed by atoms with E-state index in [9.17, 15) is 4.79 Å². The van der Waals surface area contributed by atoms with Crippen LogP contribution in [0.1, 0.15) is 64.7 Å². The number of allylic oxidation sites excluding steroid dienone is 3. The first-order chi connectivity index (χ1) is 8.75. The van der Waals surface area contributed by atoms with Crippen LogP contribution in [0, 0.1) is 0 Å². The second kappa shape index (κ2) is 6.77. The maximum absolute atomic E-state index is 11.8. The van der Waals surface area contributed by atoms with Crippen LogP contribution in [0.5, 0.6) is 0 Å². The van der Waals surface area contributed by atoms with Gasteiger partial charge in [-0.25, -0.2) is 0 Å². The summed E-state index contributed by atoms with van der Waals surface area (Å²) < 4.78 is 5.47. The highest BCUT2D eigenvalue weighted by atomic mass is 16.5. The third-order valence-corrected chi connectivity index (χ3v) is 3.77. The zero-order valence-corrected chi connectivity index (χ0v) is 11.4. The van der Waals surface area contributed by atoms with E-state index in [2.05, 4.69) is 6.08 Å². The van der Waals surface area contributed by atoms with Crippen molar-refractivity contribution in [3.8, 4) is 0 Å². The molecule has 0 saturated heterocycles. The van der Waals surface area contributed by atoms with E-state index >= 15 is 0 Å². The predicted octanol–water partition coefficient (Wildman–Crippen LogP) is 4.31. The van der Waals surface area contributed by atoms with Crippen molar-refractivity contribution in [1.82, 2.24) is 0 Å². The highest BCUT2D eigenvalue weighted by molar-refractivity contribution is 5.93. The highest BCUT2D eigenvalue weighted by Gasteiger charge is 2.19. The number of unbranched alkanes of at least 4 members (excludes halogenated alkanes) is 1. The topological polar surface area (TPSA) is 26.3 Å². The Kier molecular flexibility index (Phi) is 5.03. The summed E-state index contributed by atoms with van der Waals surface area (Å²) in [7, 11) is 0. The van der Waals surface area contributed by atoms with E-state index in [0.717, 1.165) is 19.3 Å². The van der Waals surface area contributed by atoms with Gasteiger partial charge in [-0.3, -0.25) is 4.79 Å². The first-order valence-corrected chi connectivity index (χ1v) is 7.33. The number of carbonyl (C=O) groups is 1.